The van der Waals surface area contributed by atoms with Crippen molar-refractivity contribution < 1.29 is 19.7 Å². The molecule has 1 aliphatic heterocycles. The number of rotatable bonds is 5. The summed E-state index contributed by atoms with van der Waals surface area (Å²) in [6.07, 6.45) is 0. The van der Waals surface area contributed by atoms with Crippen LogP contribution in [0.4, 0.5) is 11.9 Å². The molecule has 104 valence electrons. The smallest absolute Gasteiger partial charge is 0.374 e. The first-order chi connectivity index (χ1) is 9.20. The Morgan fingerprint density at radius 1 is 1.32 bits per heavy atom. The third-order valence-corrected chi connectivity index (χ3v) is 2.50. The summed E-state index contributed by atoms with van der Waals surface area (Å²) in [7, 11) is 0. The normalized spacial score (nSPS) is 15.3. The van der Waals surface area contributed by atoms with Gasteiger partial charge in [0.15, 0.2) is 0 Å². The van der Waals surface area contributed by atoms with E-state index in [0.717, 1.165) is 0 Å². The van der Waals surface area contributed by atoms with E-state index in [0.29, 0.717) is 32.3 Å². The Morgan fingerprint density at radius 3 is 2.68 bits per heavy atom. The minimum atomic E-state index is -1.22. The summed E-state index contributed by atoms with van der Waals surface area (Å²) in [5.41, 5.74) is 0. The van der Waals surface area contributed by atoms with E-state index in [4.69, 9.17) is 14.9 Å². The van der Waals surface area contributed by atoms with Crippen molar-refractivity contribution in [2.75, 3.05) is 49.7 Å². The summed E-state index contributed by atoms with van der Waals surface area (Å²) >= 11 is 0. The molecule has 1 saturated heterocycles. The van der Waals surface area contributed by atoms with Gasteiger partial charge in [0.05, 0.1) is 19.8 Å². The van der Waals surface area contributed by atoms with E-state index in [1.807, 2.05) is 4.90 Å². The van der Waals surface area contributed by atoms with E-state index in [1.54, 1.807) is 0 Å². The summed E-state index contributed by atoms with van der Waals surface area (Å²) in [5.74, 6) is -1.10. The molecule has 0 aliphatic carbocycles. The lowest BCUT2D eigenvalue weighted by molar-refractivity contribution is 0.0683. The van der Waals surface area contributed by atoms with Crippen LogP contribution < -0.4 is 10.2 Å². The van der Waals surface area contributed by atoms with Crippen LogP contribution in [0.15, 0.2) is 0 Å². The fourth-order valence-electron chi connectivity index (χ4n) is 1.61. The maximum atomic E-state index is 11.0. The molecule has 1 fully saturated rings. The number of hydrogen-bond donors (Lipinski definition) is 3. The Morgan fingerprint density at radius 2 is 2.05 bits per heavy atom. The van der Waals surface area contributed by atoms with Crippen LogP contribution in [0, 0.1) is 0 Å². The zero-order valence-corrected chi connectivity index (χ0v) is 10.2. The first kappa shape index (κ1) is 13.4. The van der Waals surface area contributed by atoms with Crippen molar-refractivity contribution in [3.8, 4) is 0 Å². The molecule has 2 rings (SSSR count). The molecule has 9 heteroatoms. The lowest BCUT2D eigenvalue weighted by atomic mass is 10.4. The second-order valence-corrected chi connectivity index (χ2v) is 3.84. The van der Waals surface area contributed by atoms with Crippen molar-refractivity contribution in [2.24, 2.45) is 0 Å². The molecule has 0 bridgehead atoms. The van der Waals surface area contributed by atoms with Gasteiger partial charge in [-0.05, 0) is 0 Å². The molecule has 9 nitrogen and oxygen atoms in total. The number of carboxylic acid groups (broad SMARTS) is 1. The number of carbonyl (C=O) groups is 1. The largest absolute Gasteiger partial charge is 0.475 e. The molecule has 0 spiro atoms. The maximum Gasteiger partial charge on any atom is 0.374 e. The molecule has 0 amide bonds. The van der Waals surface area contributed by atoms with Gasteiger partial charge < -0.3 is 25.2 Å². The highest BCUT2D eigenvalue weighted by atomic mass is 16.5. The van der Waals surface area contributed by atoms with E-state index < -0.39 is 5.97 Å². The summed E-state index contributed by atoms with van der Waals surface area (Å²) in [6.45, 7) is 2.44. The molecule has 2 heterocycles. The molecule has 0 saturated carbocycles. The molecule has 1 aliphatic rings. The van der Waals surface area contributed by atoms with Gasteiger partial charge in [0.25, 0.3) is 0 Å². The number of morpholine rings is 1. The van der Waals surface area contributed by atoms with Crippen molar-refractivity contribution in [1.82, 2.24) is 15.0 Å². The van der Waals surface area contributed by atoms with Gasteiger partial charge in [0.1, 0.15) is 0 Å². The summed E-state index contributed by atoms with van der Waals surface area (Å²) in [5, 5.41) is 20.5. The van der Waals surface area contributed by atoms with Gasteiger partial charge in [-0.25, -0.2) is 4.79 Å². The maximum absolute atomic E-state index is 11.0. The number of nitrogens with one attached hydrogen (secondary N) is 1. The predicted octanol–water partition coefficient (Wildman–Crippen LogP) is -1.19. The third kappa shape index (κ3) is 3.48. The van der Waals surface area contributed by atoms with Crippen LogP contribution >= 0.6 is 0 Å². The highest BCUT2D eigenvalue weighted by Crippen LogP contribution is 2.12. The molecule has 0 unspecified atom stereocenters. The molecule has 0 radical (unpaired) electrons. The van der Waals surface area contributed by atoms with Crippen LogP contribution in [0.1, 0.15) is 10.6 Å². The lowest BCUT2D eigenvalue weighted by Gasteiger charge is -2.26. The average molecular weight is 269 g/mol. The molecule has 1 aromatic heterocycles. The molecule has 0 aromatic carbocycles. The van der Waals surface area contributed by atoms with Gasteiger partial charge in [-0.1, -0.05) is 0 Å². The van der Waals surface area contributed by atoms with E-state index in [1.165, 1.54) is 0 Å². The van der Waals surface area contributed by atoms with Crippen molar-refractivity contribution in [1.29, 1.82) is 0 Å². The molecule has 3 N–H and O–H groups in total. The van der Waals surface area contributed by atoms with Crippen LogP contribution in [0.5, 0.6) is 0 Å². The Balaban J connectivity index is 2.24. The third-order valence-electron chi connectivity index (χ3n) is 2.50. The van der Waals surface area contributed by atoms with Crippen molar-refractivity contribution in [2.45, 2.75) is 0 Å². The summed E-state index contributed by atoms with van der Waals surface area (Å²) in [6, 6.07) is 0. The molecule has 0 atom stereocenters. The van der Waals surface area contributed by atoms with Crippen LogP contribution in [0.2, 0.25) is 0 Å². The van der Waals surface area contributed by atoms with Gasteiger partial charge in [0.2, 0.25) is 17.7 Å². The fourth-order valence-corrected chi connectivity index (χ4v) is 1.61. The number of aromatic carboxylic acids is 1. The van der Waals surface area contributed by atoms with Gasteiger partial charge in [-0.2, -0.15) is 15.0 Å². The predicted molar refractivity (Wildman–Crippen MR) is 65.4 cm³/mol. The molecular weight excluding hydrogens is 254 g/mol. The van der Waals surface area contributed by atoms with Gasteiger partial charge in [-0.3, -0.25) is 0 Å². The summed E-state index contributed by atoms with van der Waals surface area (Å²) in [4.78, 5) is 24.6. The minimum Gasteiger partial charge on any atom is -0.475 e. The number of carboxylic acids is 1. The first-order valence-corrected chi connectivity index (χ1v) is 5.87. The quantitative estimate of drug-likeness (QED) is 0.605. The molecule has 1 aromatic rings. The van der Waals surface area contributed by atoms with Crippen LogP contribution in [0.25, 0.3) is 0 Å². The van der Waals surface area contributed by atoms with E-state index in [2.05, 4.69) is 20.3 Å². The SMILES string of the molecule is O=C(O)c1nc(NCCO)nc(N2CCOCC2)n1. The molecule has 19 heavy (non-hydrogen) atoms. The number of nitrogens with zero attached hydrogens (tertiary/aromatic N) is 4. The van der Waals surface area contributed by atoms with E-state index in [9.17, 15) is 4.79 Å². The van der Waals surface area contributed by atoms with Crippen LogP contribution in [-0.4, -0.2) is 70.6 Å². The first-order valence-electron chi connectivity index (χ1n) is 5.87. The highest BCUT2D eigenvalue weighted by molar-refractivity contribution is 5.83. The van der Waals surface area contributed by atoms with Crippen molar-refractivity contribution in [3.63, 3.8) is 0 Å². The highest BCUT2D eigenvalue weighted by Gasteiger charge is 2.18. The van der Waals surface area contributed by atoms with Crippen LogP contribution in [0.3, 0.4) is 0 Å². The lowest BCUT2D eigenvalue weighted by Crippen LogP contribution is -2.38. The number of aromatic nitrogens is 3. The van der Waals surface area contributed by atoms with Crippen LogP contribution in [-0.2, 0) is 4.74 Å². The van der Waals surface area contributed by atoms with Gasteiger partial charge >= 0.3 is 5.97 Å². The second-order valence-electron chi connectivity index (χ2n) is 3.84. The number of aliphatic hydroxyl groups excluding tert-OH is 1. The Kier molecular flexibility index (Phi) is 4.42. The number of hydrogen-bond acceptors (Lipinski definition) is 8. The zero-order chi connectivity index (χ0) is 13.7. The van der Waals surface area contributed by atoms with E-state index >= 15 is 0 Å². The van der Waals surface area contributed by atoms with Gasteiger partial charge in [-0.15, -0.1) is 0 Å². The Hall–Kier alpha value is -2.00. The number of ether oxygens (including phenoxy) is 1. The average Bonchev–Trinajstić information content (AvgIpc) is 2.45. The summed E-state index contributed by atoms with van der Waals surface area (Å²) < 4.78 is 5.22. The van der Waals surface area contributed by atoms with Gasteiger partial charge in [0, 0.05) is 19.6 Å². The standard InChI is InChI=1S/C10H15N5O4/c16-4-1-11-9-12-7(8(17)18)13-10(14-9)15-2-5-19-6-3-15/h16H,1-6H2,(H,17,18)(H,11,12,13,14). The number of anilines is 2. The monoisotopic (exact) mass is 269 g/mol. The Bertz CT molecular complexity index is 450. The fraction of sp³-hybridized carbons (Fsp3) is 0.600. The van der Waals surface area contributed by atoms with Crippen molar-refractivity contribution in [3.05, 3.63) is 5.82 Å². The van der Waals surface area contributed by atoms with Crippen molar-refractivity contribution >= 4 is 17.9 Å². The topological polar surface area (TPSA) is 121 Å². The second kappa shape index (κ2) is 6.25. The minimum absolute atomic E-state index is 0.0963. The molecular formula is C10H15N5O4. The Labute approximate surface area is 109 Å². The van der Waals surface area contributed by atoms with E-state index in [-0.39, 0.29) is 24.9 Å². The zero-order valence-electron chi connectivity index (χ0n) is 10.2. The number of aliphatic hydroxyl groups is 1.